The summed E-state index contributed by atoms with van der Waals surface area (Å²) in [5.41, 5.74) is 11.2. The standard InChI is InChI=1S/C19H32N2O4/c1-17(2,3)25-15(22)5-4-14-18(11-24-16(20)23)7-12-6-13(8-18)10-19(14,21)9-12/h12-14H,4-11,21H2,1-3H3,(H2,20,23)/t12?,13?,14-,18?,19?/m0/s1. The molecule has 0 aromatic carbocycles. The smallest absolute Gasteiger partial charge is 0.404 e. The van der Waals surface area contributed by atoms with Crippen molar-refractivity contribution in [3.63, 3.8) is 0 Å². The van der Waals surface area contributed by atoms with E-state index in [1.165, 1.54) is 6.42 Å². The molecule has 0 aliphatic heterocycles. The van der Waals surface area contributed by atoms with Crippen LogP contribution in [0.3, 0.4) is 0 Å². The third-order valence-corrected chi connectivity index (χ3v) is 6.39. The first kappa shape index (κ1) is 18.5. The number of ether oxygens (including phenoxy) is 2. The Bertz CT molecular complexity index is 540. The van der Waals surface area contributed by atoms with Crippen LogP contribution in [0.2, 0.25) is 0 Å². The number of hydrogen-bond donors (Lipinski definition) is 2. The van der Waals surface area contributed by atoms with Gasteiger partial charge in [-0.25, -0.2) is 4.79 Å². The Kier molecular flexibility index (Phi) is 4.55. The van der Waals surface area contributed by atoms with Crippen molar-refractivity contribution in [2.75, 3.05) is 6.61 Å². The summed E-state index contributed by atoms with van der Waals surface area (Å²) in [6, 6.07) is 0. The highest BCUT2D eigenvalue weighted by Gasteiger charge is 2.62. The molecule has 0 spiro atoms. The summed E-state index contributed by atoms with van der Waals surface area (Å²) in [5.74, 6) is 1.19. The Morgan fingerprint density at radius 1 is 1.12 bits per heavy atom. The molecule has 4 fully saturated rings. The van der Waals surface area contributed by atoms with E-state index in [0.717, 1.165) is 25.7 Å². The zero-order valence-corrected chi connectivity index (χ0v) is 15.7. The first-order valence-corrected chi connectivity index (χ1v) is 9.44. The van der Waals surface area contributed by atoms with Crippen molar-refractivity contribution >= 4 is 12.1 Å². The Balaban J connectivity index is 1.74. The van der Waals surface area contributed by atoms with Crippen LogP contribution in [0, 0.1) is 23.2 Å². The third kappa shape index (κ3) is 3.78. The molecule has 6 heteroatoms. The third-order valence-electron chi connectivity index (χ3n) is 6.39. The molecule has 4 bridgehead atoms. The molecular formula is C19H32N2O4. The van der Waals surface area contributed by atoms with E-state index in [4.69, 9.17) is 20.9 Å². The van der Waals surface area contributed by atoms with Crippen LogP contribution in [-0.2, 0) is 14.3 Å². The van der Waals surface area contributed by atoms with Gasteiger partial charge in [-0.15, -0.1) is 0 Å². The fourth-order valence-corrected chi connectivity index (χ4v) is 6.20. The Hall–Kier alpha value is -1.30. The number of rotatable bonds is 5. The summed E-state index contributed by atoms with van der Waals surface area (Å²) in [6.07, 6.45) is 5.62. The van der Waals surface area contributed by atoms with Crippen LogP contribution >= 0.6 is 0 Å². The molecule has 1 amide bonds. The van der Waals surface area contributed by atoms with Crippen LogP contribution < -0.4 is 11.5 Å². The maximum absolute atomic E-state index is 12.2. The zero-order chi connectivity index (χ0) is 18.5. The molecule has 3 atom stereocenters. The molecule has 6 nitrogen and oxygen atoms in total. The van der Waals surface area contributed by atoms with Gasteiger partial charge >= 0.3 is 12.1 Å². The molecule has 4 aliphatic carbocycles. The maximum Gasteiger partial charge on any atom is 0.404 e. The normalized spacial score (nSPS) is 39.3. The molecule has 4 N–H and O–H groups in total. The van der Waals surface area contributed by atoms with E-state index in [0.29, 0.717) is 31.3 Å². The molecule has 0 aromatic rings. The number of carbonyl (C=O) groups excluding carboxylic acids is 2. The second-order valence-corrected chi connectivity index (χ2v) is 9.67. The fraction of sp³-hybridized carbons (Fsp3) is 0.895. The number of primary amides is 1. The van der Waals surface area contributed by atoms with Gasteiger partial charge in [0.2, 0.25) is 0 Å². The summed E-state index contributed by atoms with van der Waals surface area (Å²) >= 11 is 0. The van der Waals surface area contributed by atoms with Crippen LogP contribution in [0.4, 0.5) is 4.79 Å². The lowest BCUT2D eigenvalue weighted by Crippen LogP contribution is -2.67. The van der Waals surface area contributed by atoms with Crippen LogP contribution in [0.15, 0.2) is 0 Å². The van der Waals surface area contributed by atoms with Gasteiger partial charge in [-0.05, 0) is 77.0 Å². The van der Waals surface area contributed by atoms with E-state index < -0.39 is 11.7 Å². The van der Waals surface area contributed by atoms with Crippen molar-refractivity contribution in [2.45, 2.75) is 76.9 Å². The van der Waals surface area contributed by atoms with Crippen LogP contribution in [0.5, 0.6) is 0 Å². The number of amides is 1. The van der Waals surface area contributed by atoms with Crippen molar-refractivity contribution in [2.24, 2.45) is 34.6 Å². The predicted octanol–water partition coefficient (Wildman–Crippen LogP) is 2.73. The average molecular weight is 352 g/mol. The molecule has 4 rings (SSSR count). The van der Waals surface area contributed by atoms with Gasteiger partial charge in [-0.2, -0.15) is 0 Å². The lowest BCUT2D eigenvalue weighted by atomic mass is 9.42. The molecule has 4 saturated carbocycles. The average Bonchev–Trinajstić information content (AvgIpc) is 2.41. The number of hydrogen-bond acceptors (Lipinski definition) is 5. The van der Waals surface area contributed by atoms with Gasteiger partial charge in [0.25, 0.3) is 0 Å². The lowest BCUT2D eigenvalue weighted by molar-refractivity contribution is -0.162. The minimum absolute atomic E-state index is 0.129. The van der Waals surface area contributed by atoms with Gasteiger partial charge in [0, 0.05) is 17.4 Å². The lowest BCUT2D eigenvalue weighted by Gasteiger charge is -2.65. The molecule has 0 radical (unpaired) electrons. The fourth-order valence-electron chi connectivity index (χ4n) is 6.20. The summed E-state index contributed by atoms with van der Waals surface area (Å²) in [5, 5.41) is 0. The van der Waals surface area contributed by atoms with Gasteiger partial charge in [0.1, 0.15) is 5.60 Å². The molecule has 0 saturated heterocycles. The SMILES string of the molecule is CC(C)(C)OC(=O)CC[C@@H]1C2(N)CC3CC(C2)CC1(COC(N)=O)C3. The largest absolute Gasteiger partial charge is 0.460 e. The van der Waals surface area contributed by atoms with E-state index in [1.807, 2.05) is 20.8 Å². The predicted molar refractivity (Wildman–Crippen MR) is 93.5 cm³/mol. The molecule has 4 aliphatic rings. The van der Waals surface area contributed by atoms with Gasteiger partial charge in [0.05, 0.1) is 6.61 Å². The molecule has 0 heterocycles. The Labute approximate surface area is 150 Å². The summed E-state index contributed by atoms with van der Waals surface area (Å²) in [7, 11) is 0. The van der Waals surface area contributed by atoms with Crippen LogP contribution in [0.25, 0.3) is 0 Å². The second-order valence-electron chi connectivity index (χ2n) is 9.67. The van der Waals surface area contributed by atoms with Crippen molar-refractivity contribution in [3.05, 3.63) is 0 Å². The quantitative estimate of drug-likeness (QED) is 0.740. The highest BCUT2D eigenvalue weighted by atomic mass is 16.6. The van der Waals surface area contributed by atoms with Crippen molar-refractivity contribution in [3.8, 4) is 0 Å². The van der Waals surface area contributed by atoms with Crippen molar-refractivity contribution in [1.29, 1.82) is 0 Å². The van der Waals surface area contributed by atoms with Crippen molar-refractivity contribution in [1.82, 2.24) is 0 Å². The first-order valence-electron chi connectivity index (χ1n) is 9.44. The molecule has 2 unspecified atom stereocenters. The molecule has 25 heavy (non-hydrogen) atoms. The van der Waals surface area contributed by atoms with E-state index >= 15 is 0 Å². The highest BCUT2D eigenvalue weighted by molar-refractivity contribution is 5.69. The van der Waals surface area contributed by atoms with Gasteiger partial charge in [-0.1, -0.05) is 0 Å². The number of carbonyl (C=O) groups is 2. The van der Waals surface area contributed by atoms with Gasteiger partial charge in [-0.3, -0.25) is 4.79 Å². The van der Waals surface area contributed by atoms with Crippen LogP contribution in [0.1, 0.15) is 65.7 Å². The molecule has 142 valence electrons. The number of nitrogens with two attached hydrogens (primary N) is 2. The highest BCUT2D eigenvalue weighted by Crippen LogP contribution is 2.64. The Morgan fingerprint density at radius 2 is 1.72 bits per heavy atom. The zero-order valence-electron chi connectivity index (χ0n) is 15.7. The number of esters is 1. The van der Waals surface area contributed by atoms with Crippen molar-refractivity contribution < 1.29 is 19.1 Å². The van der Waals surface area contributed by atoms with Crippen LogP contribution in [-0.4, -0.2) is 29.8 Å². The summed E-state index contributed by atoms with van der Waals surface area (Å²) < 4.78 is 10.7. The second kappa shape index (κ2) is 6.15. The van der Waals surface area contributed by atoms with E-state index in [-0.39, 0.29) is 22.8 Å². The van der Waals surface area contributed by atoms with E-state index in [9.17, 15) is 9.59 Å². The Morgan fingerprint density at radius 3 is 2.24 bits per heavy atom. The molecular weight excluding hydrogens is 320 g/mol. The maximum atomic E-state index is 12.2. The van der Waals surface area contributed by atoms with E-state index in [2.05, 4.69) is 0 Å². The summed E-state index contributed by atoms with van der Waals surface area (Å²) in [6.45, 7) is 5.95. The summed E-state index contributed by atoms with van der Waals surface area (Å²) in [4.78, 5) is 23.4. The van der Waals surface area contributed by atoms with E-state index in [1.54, 1.807) is 0 Å². The minimum atomic E-state index is -0.729. The minimum Gasteiger partial charge on any atom is -0.460 e. The first-order chi connectivity index (χ1) is 11.5. The van der Waals surface area contributed by atoms with Gasteiger partial charge in [0.15, 0.2) is 0 Å². The monoisotopic (exact) mass is 352 g/mol. The molecule has 0 aromatic heterocycles. The van der Waals surface area contributed by atoms with Gasteiger partial charge < -0.3 is 20.9 Å². The topological polar surface area (TPSA) is 105 Å².